The van der Waals surface area contributed by atoms with Crippen molar-refractivity contribution in [3.05, 3.63) is 35.9 Å². The fourth-order valence-electron chi connectivity index (χ4n) is 4.52. The minimum atomic E-state index is -0.927. The smallest absolute Gasteiger partial charge is 0.363 e. The number of benzene rings is 1. The molecule has 13 heteroatoms. The molecule has 0 aliphatic carbocycles. The van der Waals surface area contributed by atoms with Crippen LogP contribution in [-0.4, -0.2) is 91.0 Å². The number of anilines is 1. The standard InChI is InChI=1S/C32H45N3O10/c1-7-32(4,42-6)21-44-31(2,3)17-19-43-24-12-11-22(30(40)45-35-27(38)13-14-28(35)39)20-23(24)33-25(36)10-8-9-18-34-26(37)15-16-29(34)41-5/h11-12,15-16,20,29H,7-10,13-14,17-19,21H2,1-6H3,(H,33,36). The minimum Gasteiger partial charge on any atom is -0.491 e. The molecule has 0 radical (unpaired) electrons. The normalized spacial score (nSPS) is 18.0. The molecule has 1 fully saturated rings. The highest BCUT2D eigenvalue weighted by Crippen LogP contribution is 2.29. The Hall–Kier alpha value is -3.81. The van der Waals surface area contributed by atoms with Crippen LogP contribution in [0.5, 0.6) is 5.75 Å². The number of rotatable bonds is 18. The second-order valence-electron chi connectivity index (χ2n) is 11.8. The van der Waals surface area contributed by atoms with Gasteiger partial charge in [-0.15, -0.1) is 5.06 Å². The Balaban J connectivity index is 1.64. The van der Waals surface area contributed by atoms with E-state index in [2.05, 4.69) is 5.32 Å². The maximum Gasteiger partial charge on any atom is 0.363 e. The predicted octanol–water partition coefficient (Wildman–Crippen LogP) is 3.77. The Morgan fingerprint density at radius 1 is 1.04 bits per heavy atom. The second-order valence-corrected chi connectivity index (χ2v) is 11.8. The van der Waals surface area contributed by atoms with Crippen molar-refractivity contribution in [1.29, 1.82) is 0 Å². The molecule has 3 rings (SSSR count). The zero-order valence-electron chi connectivity index (χ0n) is 27.0. The molecule has 45 heavy (non-hydrogen) atoms. The van der Waals surface area contributed by atoms with Gasteiger partial charge in [0.25, 0.3) is 11.8 Å². The Bertz CT molecular complexity index is 1260. The van der Waals surface area contributed by atoms with Crippen molar-refractivity contribution in [1.82, 2.24) is 9.96 Å². The van der Waals surface area contributed by atoms with Gasteiger partial charge in [-0.3, -0.25) is 19.2 Å². The number of nitrogens with one attached hydrogen (secondary N) is 1. The Kier molecular flexibility index (Phi) is 12.6. The van der Waals surface area contributed by atoms with E-state index in [1.807, 2.05) is 27.7 Å². The summed E-state index contributed by atoms with van der Waals surface area (Å²) in [5.74, 6) is -2.27. The highest BCUT2D eigenvalue weighted by atomic mass is 16.7. The third kappa shape index (κ3) is 10.1. The highest BCUT2D eigenvalue weighted by Gasteiger charge is 2.33. The molecule has 2 unspecified atom stereocenters. The lowest BCUT2D eigenvalue weighted by molar-refractivity contribution is -0.172. The molecule has 2 aliphatic rings. The SMILES string of the molecule is CCC(C)(COC(C)(C)CCOc1ccc(C(=O)ON2C(=O)CCC2=O)cc1NC(=O)CCCCN1C(=O)C=CC1OC)OC. The van der Waals surface area contributed by atoms with Crippen LogP contribution in [0.1, 0.15) is 83.0 Å². The van der Waals surface area contributed by atoms with Gasteiger partial charge >= 0.3 is 5.97 Å². The van der Waals surface area contributed by atoms with Crippen molar-refractivity contribution >= 4 is 35.3 Å². The monoisotopic (exact) mass is 631 g/mol. The number of ether oxygens (including phenoxy) is 4. The van der Waals surface area contributed by atoms with Gasteiger partial charge in [0.15, 0.2) is 6.23 Å². The number of carbonyl (C=O) groups is 5. The van der Waals surface area contributed by atoms with Crippen molar-refractivity contribution in [2.24, 2.45) is 0 Å². The quantitative estimate of drug-likeness (QED) is 0.187. The summed E-state index contributed by atoms with van der Waals surface area (Å²) in [5, 5.41) is 3.26. The fraction of sp³-hybridized carbons (Fsp3) is 0.594. The molecule has 0 aromatic heterocycles. The highest BCUT2D eigenvalue weighted by molar-refractivity contribution is 6.03. The molecule has 0 bridgehead atoms. The van der Waals surface area contributed by atoms with Gasteiger partial charge in [0, 0.05) is 52.5 Å². The summed E-state index contributed by atoms with van der Waals surface area (Å²) >= 11 is 0. The molecule has 1 saturated heterocycles. The van der Waals surface area contributed by atoms with Crippen LogP contribution < -0.4 is 10.1 Å². The predicted molar refractivity (Wildman–Crippen MR) is 163 cm³/mol. The van der Waals surface area contributed by atoms with Crippen LogP contribution in [0.4, 0.5) is 5.69 Å². The van der Waals surface area contributed by atoms with E-state index in [1.54, 1.807) is 18.1 Å². The van der Waals surface area contributed by atoms with E-state index in [0.717, 1.165) is 6.42 Å². The molecule has 1 aromatic rings. The number of methoxy groups -OCH3 is 2. The van der Waals surface area contributed by atoms with Crippen LogP contribution in [0.15, 0.2) is 30.4 Å². The van der Waals surface area contributed by atoms with Crippen LogP contribution in [0.3, 0.4) is 0 Å². The average molecular weight is 632 g/mol. The van der Waals surface area contributed by atoms with E-state index >= 15 is 0 Å². The lowest BCUT2D eigenvalue weighted by Gasteiger charge is -2.33. The van der Waals surface area contributed by atoms with Gasteiger partial charge in [0.1, 0.15) is 5.75 Å². The Morgan fingerprint density at radius 2 is 1.76 bits per heavy atom. The van der Waals surface area contributed by atoms with Gasteiger partial charge < -0.3 is 34.0 Å². The van der Waals surface area contributed by atoms with Crippen LogP contribution >= 0.6 is 0 Å². The lowest BCUT2D eigenvalue weighted by atomic mass is 10.0. The molecule has 4 amide bonds. The molecule has 248 valence electrons. The van der Waals surface area contributed by atoms with Crippen molar-refractivity contribution in [3.63, 3.8) is 0 Å². The van der Waals surface area contributed by atoms with Gasteiger partial charge in [-0.25, -0.2) is 4.79 Å². The van der Waals surface area contributed by atoms with E-state index in [4.69, 9.17) is 23.8 Å². The van der Waals surface area contributed by atoms with Gasteiger partial charge in [-0.05, 0) is 64.3 Å². The van der Waals surface area contributed by atoms with Crippen LogP contribution in [-0.2, 0) is 38.2 Å². The third-order valence-corrected chi connectivity index (χ3v) is 7.93. The van der Waals surface area contributed by atoms with Gasteiger partial charge in [-0.2, -0.15) is 0 Å². The van der Waals surface area contributed by atoms with Crippen LogP contribution in [0.25, 0.3) is 0 Å². The van der Waals surface area contributed by atoms with E-state index < -0.39 is 35.2 Å². The summed E-state index contributed by atoms with van der Waals surface area (Å²) < 4.78 is 23.0. The number of carbonyl (C=O) groups excluding carboxylic acids is 5. The van der Waals surface area contributed by atoms with E-state index in [9.17, 15) is 24.0 Å². The number of unbranched alkanes of at least 4 members (excludes halogenated alkanes) is 1. The third-order valence-electron chi connectivity index (χ3n) is 7.93. The number of imide groups is 1. The van der Waals surface area contributed by atoms with Crippen LogP contribution in [0, 0.1) is 0 Å². The maximum absolute atomic E-state index is 12.9. The molecule has 2 heterocycles. The first kappa shape index (κ1) is 35.7. The van der Waals surface area contributed by atoms with Crippen LogP contribution in [0.2, 0.25) is 0 Å². The summed E-state index contributed by atoms with van der Waals surface area (Å²) in [5.41, 5.74) is -0.705. The summed E-state index contributed by atoms with van der Waals surface area (Å²) in [4.78, 5) is 68.2. The van der Waals surface area contributed by atoms with Crippen molar-refractivity contribution < 1.29 is 47.8 Å². The molecule has 13 nitrogen and oxygen atoms in total. The number of hydrogen-bond acceptors (Lipinski definition) is 10. The Labute approximate surface area is 264 Å². The lowest BCUT2D eigenvalue weighted by Crippen LogP contribution is -2.38. The molecule has 2 atom stereocenters. The first-order chi connectivity index (χ1) is 21.3. The van der Waals surface area contributed by atoms with Gasteiger partial charge in [-0.1, -0.05) is 6.92 Å². The second kappa shape index (κ2) is 16.0. The maximum atomic E-state index is 12.9. The number of hydrogen-bond donors (Lipinski definition) is 1. The first-order valence-corrected chi connectivity index (χ1v) is 15.2. The number of hydroxylamine groups is 2. The summed E-state index contributed by atoms with van der Waals surface area (Å²) in [6, 6.07) is 4.33. The van der Waals surface area contributed by atoms with Crippen molar-refractivity contribution in [2.75, 3.05) is 39.3 Å². The van der Waals surface area contributed by atoms with Gasteiger partial charge in [0.05, 0.1) is 35.7 Å². The topological polar surface area (TPSA) is 150 Å². The summed E-state index contributed by atoms with van der Waals surface area (Å²) in [7, 11) is 3.18. The molecule has 1 N–H and O–H groups in total. The fourth-order valence-corrected chi connectivity index (χ4v) is 4.52. The zero-order valence-corrected chi connectivity index (χ0v) is 27.0. The molecule has 2 aliphatic heterocycles. The van der Waals surface area contributed by atoms with Gasteiger partial charge in [0.2, 0.25) is 11.8 Å². The zero-order chi connectivity index (χ0) is 33.2. The Morgan fingerprint density at radius 3 is 2.40 bits per heavy atom. The molecular weight excluding hydrogens is 586 g/mol. The van der Waals surface area contributed by atoms with E-state index in [0.29, 0.717) is 43.2 Å². The minimum absolute atomic E-state index is 0.0119. The van der Waals surface area contributed by atoms with Crippen molar-refractivity contribution in [2.45, 2.75) is 90.1 Å². The number of nitrogens with zero attached hydrogens (tertiary/aromatic N) is 2. The average Bonchev–Trinajstić information content (AvgIpc) is 3.54. The van der Waals surface area contributed by atoms with E-state index in [-0.39, 0.29) is 48.9 Å². The molecule has 0 spiro atoms. The first-order valence-electron chi connectivity index (χ1n) is 15.2. The molecule has 0 saturated carbocycles. The van der Waals surface area contributed by atoms with Crippen molar-refractivity contribution in [3.8, 4) is 5.75 Å². The summed E-state index contributed by atoms with van der Waals surface area (Å²) in [6.45, 7) is 8.99. The molecule has 1 aromatic carbocycles. The molecular formula is C32H45N3O10. The number of amides is 4. The largest absolute Gasteiger partial charge is 0.491 e. The van der Waals surface area contributed by atoms with E-state index in [1.165, 1.54) is 31.4 Å². The summed E-state index contributed by atoms with van der Waals surface area (Å²) in [6.07, 6.45) is 5.19.